The monoisotopic (exact) mass is 405 g/mol. The molecule has 0 bridgehead atoms. The van der Waals surface area contributed by atoms with Gasteiger partial charge in [-0.05, 0) is 28.8 Å². The molecular weight excluding hydrogens is 378 g/mol. The topological polar surface area (TPSA) is 61.9 Å². The first kappa shape index (κ1) is 20.2. The quantitative estimate of drug-likeness (QED) is 0.777. The van der Waals surface area contributed by atoms with E-state index in [1.165, 1.54) is 18.1 Å². The van der Waals surface area contributed by atoms with E-state index in [0.29, 0.717) is 18.8 Å². The summed E-state index contributed by atoms with van der Waals surface area (Å²) in [6, 6.07) is 16.0. The Labute approximate surface area is 177 Å². The van der Waals surface area contributed by atoms with Crippen molar-refractivity contribution in [2.45, 2.75) is 19.9 Å². The predicted molar refractivity (Wildman–Crippen MR) is 116 cm³/mol. The zero-order chi connectivity index (χ0) is 20.9. The van der Waals surface area contributed by atoms with Crippen molar-refractivity contribution >= 4 is 17.9 Å². The molecule has 6 nitrogen and oxygen atoms in total. The van der Waals surface area contributed by atoms with Gasteiger partial charge in [0, 0.05) is 46.1 Å². The fourth-order valence-corrected chi connectivity index (χ4v) is 3.93. The predicted octanol–water partition coefficient (Wildman–Crippen LogP) is 2.44. The zero-order valence-corrected chi connectivity index (χ0v) is 17.3. The van der Waals surface area contributed by atoms with Crippen molar-refractivity contribution in [3.8, 4) is 5.75 Å². The van der Waals surface area contributed by atoms with E-state index in [4.69, 9.17) is 4.74 Å². The fraction of sp³-hybridized carbons (Fsp3) is 0.333. The largest absolute Gasteiger partial charge is 0.493 e. The lowest BCUT2D eigenvalue weighted by atomic mass is 10.1. The summed E-state index contributed by atoms with van der Waals surface area (Å²) in [6.45, 7) is 5.94. The number of piperazine rings is 1. The first-order chi connectivity index (χ1) is 14.6. The number of ether oxygens (including phenoxy) is 1. The number of carbonyl (C=O) groups is 2. The summed E-state index contributed by atoms with van der Waals surface area (Å²) in [5.74, 6) is 0.623. The van der Waals surface area contributed by atoms with Gasteiger partial charge in [0.1, 0.15) is 11.4 Å². The van der Waals surface area contributed by atoms with E-state index in [-0.39, 0.29) is 11.8 Å². The number of fused-ring (bicyclic) bond motifs is 1. The molecule has 6 heteroatoms. The Balaban J connectivity index is 1.37. The van der Waals surface area contributed by atoms with Crippen molar-refractivity contribution in [3.05, 3.63) is 70.9 Å². The third-order valence-electron chi connectivity index (χ3n) is 5.47. The van der Waals surface area contributed by atoms with Crippen molar-refractivity contribution in [3.63, 3.8) is 0 Å². The third-order valence-corrected chi connectivity index (χ3v) is 5.47. The van der Waals surface area contributed by atoms with Crippen LogP contribution in [-0.2, 0) is 22.6 Å². The minimum Gasteiger partial charge on any atom is -0.493 e. The molecule has 2 aromatic carbocycles. The van der Waals surface area contributed by atoms with Crippen molar-refractivity contribution in [2.75, 3.05) is 32.8 Å². The van der Waals surface area contributed by atoms with Gasteiger partial charge in [-0.2, -0.15) is 0 Å². The van der Waals surface area contributed by atoms with Crippen LogP contribution in [0.25, 0.3) is 6.08 Å². The maximum atomic E-state index is 13.0. The lowest BCUT2D eigenvalue weighted by Gasteiger charge is -2.35. The van der Waals surface area contributed by atoms with Gasteiger partial charge in [0.05, 0.1) is 6.61 Å². The number of benzene rings is 2. The highest BCUT2D eigenvalue weighted by Crippen LogP contribution is 2.26. The van der Waals surface area contributed by atoms with Crippen LogP contribution >= 0.6 is 0 Å². The molecule has 0 aromatic heterocycles. The molecule has 4 rings (SSSR count). The van der Waals surface area contributed by atoms with Gasteiger partial charge < -0.3 is 15.0 Å². The third kappa shape index (κ3) is 4.89. The van der Waals surface area contributed by atoms with E-state index in [1.54, 1.807) is 6.08 Å². The number of amides is 2. The van der Waals surface area contributed by atoms with Gasteiger partial charge in [-0.3, -0.25) is 14.5 Å². The van der Waals surface area contributed by atoms with Gasteiger partial charge in [0.15, 0.2) is 0 Å². The molecule has 0 atom stereocenters. The van der Waals surface area contributed by atoms with Crippen LogP contribution in [0.2, 0.25) is 0 Å². The molecule has 0 saturated carbocycles. The molecule has 2 heterocycles. The fourth-order valence-electron chi connectivity index (χ4n) is 3.93. The number of hydrogen-bond acceptors (Lipinski definition) is 4. The SMILES string of the molecule is CC(=O)N/C(=C\c1ccccc1)C(=O)N1CCN(Cc2ccc3c(c2)CCO3)CC1. The Kier molecular flexibility index (Phi) is 6.14. The summed E-state index contributed by atoms with van der Waals surface area (Å²) < 4.78 is 5.58. The van der Waals surface area contributed by atoms with Crippen molar-refractivity contribution in [2.24, 2.45) is 0 Å². The van der Waals surface area contributed by atoms with Crippen LogP contribution in [0.1, 0.15) is 23.6 Å². The Morgan fingerprint density at radius 3 is 2.57 bits per heavy atom. The molecular formula is C24H27N3O3. The van der Waals surface area contributed by atoms with Gasteiger partial charge >= 0.3 is 0 Å². The molecule has 0 spiro atoms. The molecule has 0 radical (unpaired) electrons. The molecule has 1 saturated heterocycles. The van der Waals surface area contributed by atoms with E-state index in [9.17, 15) is 9.59 Å². The lowest BCUT2D eigenvalue weighted by molar-refractivity contribution is -0.130. The van der Waals surface area contributed by atoms with Gasteiger partial charge in [-0.25, -0.2) is 0 Å². The Morgan fingerprint density at radius 2 is 1.83 bits per heavy atom. The van der Waals surface area contributed by atoms with Gasteiger partial charge in [-0.15, -0.1) is 0 Å². The minimum absolute atomic E-state index is 0.136. The average molecular weight is 405 g/mol. The van der Waals surface area contributed by atoms with E-state index in [2.05, 4.69) is 28.4 Å². The van der Waals surface area contributed by atoms with Gasteiger partial charge in [0.2, 0.25) is 5.91 Å². The van der Waals surface area contributed by atoms with Crippen LogP contribution in [0.5, 0.6) is 5.75 Å². The molecule has 156 valence electrons. The smallest absolute Gasteiger partial charge is 0.270 e. The number of carbonyl (C=O) groups excluding carboxylic acids is 2. The molecule has 2 aromatic rings. The molecule has 1 N–H and O–H groups in total. The normalized spacial score (nSPS) is 16.7. The van der Waals surface area contributed by atoms with Crippen LogP contribution < -0.4 is 10.1 Å². The second-order valence-corrected chi connectivity index (χ2v) is 7.76. The second kappa shape index (κ2) is 9.13. The van der Waals surface area contributed by atoms with Crippen LogP contribution in [0.15, 0.2) is 54.2 Å². The molecule has 30 heavy (non-hydrogen) atoms. The van der Waals surface area contributed by atoms with E-state index < -0.39 is 0 Å². The highest BCUT2D eigenvalue weighted by molar-refractivity contribution is 6.01. The minimum atomic E-state index is -0.246. The first-order valence-electron chi connectivity index (χ1n) is 10.4. The van der Waals surface area contributed by atoms with Crippen LogP contribution in [0.3, 0.4) is 0 Å². The first-order valence-corrected chi connectivity index (χ1v) is 10.4. The summed E-state index contributed by atoms with van der Waals surface area (Å²) in [7, 11) is 0. The Bertz CT molecular complexity index is 947. The van der Waals surface area contributed by atoms with Crippen LogP contribution in [-0.4, -0.2) is 54.4 Å². The highest BCUT2D eigenvalue weighted by atomic mass is 16.5. The average Bonchev–Trinajstić information content (AvgIpc) is 3.22. The summed E-state index contributed by atoms with van der Waals surface area (Å²) in [5, 5.41) is 2.71. The maximum absolute atomic E-state index is 13.0. The lowest BCUT2D eigenvalue weighted by Crippen LogP contribution is -2.50. The van der Waals surface area contributed by atoms with Crippen LogP contribution in [0.4, 0.5) is 0 Å². The molecule has 0 aliphatic carbocycles. The molecule has 0 unspecified atom stereocenters. The van der Waals surface area contributed by atoms with E-state index in [1.807, 2.05) is 35.2 Å². The maximum Gasteiger partial charge on any atom is 0.270 e. The molecule has 1 fully saturated rings. The zero-order valence-electron chi connectivity index (χ0n) is 17.3. The van der Waals surface area contributed by atoms with Gasteiger partial charge in [0.25, 0.3) is 5.91 Å². The summed E-state index contributed by atoms with van der Waals surface area (Å²) in [6.07, 6.45) is 2.72. The molecule has 2 amide bonds. The van der Waals surface area contributed by atoms with Crippen molar-refractivity contribution in [1.29, 1.82) is 0 Å². The highest BCUT2D eigenvalue weighted by Gasteiger charge is 2.24. The number of nitrogens with zero attached hydrogens (tertiary/aromatic N) is 2. The Morgan fingerprint density at radius 1 is 1.07 bits per heavy atom. The van der Waals surface area contributed by atoms with Crippen LogP contribution in [0, 0.1) is 0 Å². The molecule has 2 aliphatic heterocycles. The second-order valence-electron chi connectivity index (χ2n) is 7.76. The van der Waals surface area contributed by atoms with E-state index in [0.717, 1.165) is 44.0 Å². The standard InChI is InChI=1S/C24H27N3O3/c1-18(28)25-22(16-19-5-3-2-4-6-19)24(29)27-12-10-26(11-13-27)17-20-7-8-23-21(15-20)9-14-30-23/h2-8,15-16H,9-14,17H2,1H3,(H,25,28)/b22-16-. The summed E-state index contributed by atoms with van der Waals surface area (Å²) in [4.78, 5) is 28.8. The number of hydrogen-bond donors (Lipinski definition) is 1. The summed E-state index contributed by atoms with van der Waals surface area (Å²) >= 11 is 0. The molecule has 2 aliphatic rings. The number of rotatable bonds is 5. The number of nitrogens with one attached hydrogen (secondary N) is 1. The van der Waals surface area contributed by atoms with Crippen molar-refractivity contribution < 1.29 is 14.3 Å². The summed E-state index contributed by atoms with van der Waals surface area (Å²) in [5.41, 5.74) is 3.77. The van der Waals surface area contributed by atoms with E-state index >= 15 is 0 Å². The van der Waals surface area contributed by atoms with Crippen molar-refractivity contribution in [1.82, 2.24) is 15.1 Å². The Hall–Kier alpha value is -3.12. The van der Waals surface area contributed by atoms with Gasteiger partial charge in [-0.1, -0.05) is 42.5 Å².